The molecule has 0 aliphatic carbocycles. The number of Topliss-reactive ketones (excluding diaryl/α,β-unsaturated/α-hetero) is 1. The van der Waals surface area contributed by atoms with Gasteiger partial charge in [-0.2, -0.15) is 0 Å². The van der Waals surface area contributed by atoms with E-state index in [0.717, 1.165) is 0 Å². The fourth-order valence-electron chi connectivity index (χ4n) is 1.75. The first-order valence-corrected chi connectivity index (χ1v) is 6.25. The number of benzene rings is 2. The van der Waals surface area contributed by atoms with Gasteiger partial charge >= 0.3 is 0 Å². The quantitative estimate of drug-likeness (QED) is 0.465. The van der Waals surface area contributed by atoms with E-state index in [-0.39, 0.29) is 29.6 Å². The molecule has 2 rings (SSSR count). The molecule has 7 heteroatoms. The highest BCUT2D eigenvalue weighted by molar-refractivity contribution is 5.97. The van der Waals surface area contributed by atoms with Crippen molar-refractivity contribution in [1.29, 1.82) is 0 Å². The van der Waals surface area contributed by atoms with Gasteiger partial charge in [0, 0.05) is 11.6 Å². The molecule has 0 aromatic heterocycles. The molecule has 0 N–H and O–H groups in total. The Morgan fingerprint density at radius 3 is 2.45 bits per heavy atom. The maximum atomic E-state index is 12.8. The Kier molecular flexibility index (Phi) is 4.67. The Morgan fingerprint density at radius 1 is 1.18 bits per heavy atom. The molecule has 0 atom stereocenters. The Bertz CT molecular complexity index is 700. The van der Waals surface area contributed by atoms with Crippen molar-refractivity contribution in [3.8, 4) is 11.5 Å². The highest BCUT2D eigenvalue weighted by atomic mass is 19.1. The molecule has 2 aromatic carbocycles. The van der Waals surface area contributed by atoms with Gasteiger partial charge in [-0.25, -0.2) is 4.39 Å². The summed E-state index contributed by atoms with van der Waals surface area (Å²) in [5.74, 6) is -0.417. The Balaban J connectivity index is 2.09. The normalized spacial score (nSPS) is 10.1. The third-order valence-corrected chi connectivity index (χ3v) is 2.88. The molecule has 0 unspecified atom stereocenters. The van der Waals surface area contributed by atoms with Crippen molar-refractivity contribution in [3.63, 3.8) is 0 Å². The number of hydrogen-bond acceptors (Lipinski definition) is 5. The molecule has 0 aliphatic rings. The van der Waals surface area contributed by atoms with E-state index in [1.165, 1.54) is 49.6 Å². The SMILES string of the molecule is COc1cc([N+](=O)[O-])ccc1OCC(=O)c1ccc(F)cc1. The number of methoxy groups -OCH3 is 1. The molecule has 22 heavy (non-hydrogen) atoms. The largest absolute Gasteiger partial charge is 0.493 e. The maximum Gasteiger partial charge on any atom is 0.273 e. The predicted octanol–water partition coefficient (Wildman–Crippen LogP) is 3.00. The third kappa shape index (κ3) is 3.57. The number of hydrogen-bond donors (Lipinski definition) is 0. The highest BCUT2D eigenvalue weighted by Gasteiger charge is 2.14. The molecule has 0 spiro atoms. The number of non-ortho nitro benzene ring substituents is 1. The zero-order valence-electron chi connectivity index (χ0n) is 11.6. The minimum atomic E-state index is -0.560. The Morgan fingerprint density at radius 2 is 1.86 bits per heavy atom. The third-order valence-electron chi connectivity index (χ3n) is 2.88. The summed E-state index contributed by atoms with van der Waals surface area (Å²) in [6.07, 6.45) is 0. The van der Waals surface area contributed by atoms with Crippen molar-refractivity contribution in [2.45, 2.75) is 0 Å². The van der Waals surface area contributed by atoms with Crippen molar-refractivity contribution >= 4 is 11.5 Å². The zero-order chi connectivity index (χ0) is 16.1. The lowest BCUT2D eigenvalue weighted by atomic mass is 10.1. The van der Waals surface area contributed by atoms with Crippen LogP contribution in [0.5, 0.6) is 11.5 Å². The van der Waals surface area contributed by atoms with Crippen LogP contribution in [-0.4, -0.2) is 24.4 Å². The van der Waals surface area contributed by atoms with Crippen molar-refractivity contribution in [2.75, 3.05) is 13.7 Å². The molecule has 0 amide bonds. The number of carbonyl (C=O) groups is 1. The lowest BCUT2D eigenvalue weighted by Crippen LogP contribution is -2.12. The van der Waals surface area contributed by atoms with Gasteiger partial charge in [0.1, 0.15) is 5.82 Å². The van der Waals surface area contributed by atoms with Crippen LogP contribution in [-0.2, 0) is 0 Å². The molecule has 0 saturated heterocycles. The van der Waals surface area contributed by atoms with E-state index in [1.807, 2.05) is 0 Å². The van der Waals surface area contributed by atoms with Crippen LogP contribution in [0.15, 0.2) is 42.5 Å². The van der Waals surface area contributed by atoms with Gasteiger partial charge in [-0.15, -0.1) is 0 Å². The summed E-state index contributed by atoms with van der Waals surface area (Å²) >= 11 is 0. The lowest BCUT2D eigenvalue weighted by Gasteiger charge is -2.09. The van der Waals surface area contributed by atoms with Crippen LogP contribution >= 0.6 is 0 Å². The second kappa shape index (κ2) is 6.66. The number of nitrogens with zero attached hydrogens (tertiary/aromatic N) is 1. The molecule has 114 valence electrons. The summed E-state index contributed by atoms with van der Waals surface area (Å²) in [5, 5.41) is 10.7. The summed E-state index contributed by atoms with van der Waals surface area (Å²) < 4.78 is 23.1. The van der Waals surface area contributed by atoms with E-state index in [0.29, 0.717) is 5.56 Å². The monoisotopic (exact) mass is 305 g/mol. The molecule has 0 aliphatic heterocycles. The van der Waals surface area contributed by atoms with Crippen LogP contribution in [0.2, 0.25) is 0 Å². The molecule has 6 nitrogen and oxygen atoms in total. The number of nitro benzene ring substituents is 1. The molecule has 2 aromatic rings. The van der Waals surface area contributed by atoms with E-state index in [2.05, 4.69) is 0 Å². The molecular formula is C15H12FNO5. The molecule has 0 heterocycles. The molecule has 0 saturated carbocycles. The highest BCUT2D eigenvalue weighted by Crippen LogP contribution is 2.31. The fraction of sp³-hybridized carbons (Fsp3) is 0.133. The minimum Gasteiger partial charge on any atom is -0.493 e. The maximum absolute atomic E-state index is 12.8. The second-order valence-electron chi connectivity index (χ2n) is 4.31. The van der Waals surface area contributed by atoms with Crippen LogP contribution in [0, 0.1) is 15.9 Å². The summed E-state index contributed by atoms with van der Waals surface area (Å²) in [4.78, 5) is 22.0. The van der Waals surface area contributed by atoms with E-state index < -0.39 is 10.7 Å². The average molecular weight is 305 g/mol. The molecular weight excluding hydrogens is 293 g/mol. The number of carbonyl (C=O) groups excluding carboxylic acids is 1. The Hall–Kier alpha value is -2.96. The van der Waals surface area contributed by atoms with Crippen LogP contribution < -0.4 is 9.47 Å². The molecule has 0 fully saturated rings. The summed E-state index contributed by atoms with van der Waals surface area (Å²) in [5.41, 5.74) is 0.163. The average Bonchev–Trinajstić information content (AvgIpc) is 2.52. The standard InChI is InChI=1S/C15H12FNO5/c1-21-15-8-12(17(19)20)6-7-14(15)22-9-13(18)10-2-4-11(16)5-3-10/h2-8H,9H2,1H3. The second-order valence-corrected chi connectivity index (χ2v) is 4.31. The van der Waals surface area contributed by atoms with Crippen molar-refractivity contribution in [1.82, 2.24) is 0 Å². The van der Waals surface area contributed by atoms with Gasteiger partial charge in [0.25, 0.3) is 5.69 Å². The van der Waals surface area contributed by atoms with Gasteiger partial charge < -0.3 is 9.47 Å². The number of nitro groups is 1. The van der Waals surface area contributed by atoms with Gasteiger partial charge in [-0.1, -0.05) is 0 Å². The van der Waals surface area contributed by atoms with Crippen LogP contribution in [0.3, 0.4) is 0 Å². The minimum absolute atomic E-state index is 0.144. The van der Waals surface area contributed by atoms with Gasteiger partial charge in [0.2, 0.25) is 0 Å². The van der Waals surface area contributed by atoms with Gasteiger partial charge in [-0.05, 0) is 30.3 Å². The topological polar surface area (TPSA) is 78.7 Å². The first-order valence-electron chi connectivity index (χ1n) is 6.25. The number of halogens is 1. The van der Waals surface area contributed by atoms with E-state index >= 15 is 0 Å². The van der Waals surface area contributed by atoms with Crippen molar-refractivity contribution in [3.05, 3.63) is 64.0 Å². The smallest absolute Gasteiger partial charge is 0.273 e. The van der Waals surface area contributed by atoms with Gasteiger partial charge in [-0.3, -0.25) is 14.9 Å². The van der Waals surface area contributed by atoms with E-state index in [1.54, 1.807) is 0 Å². The fourth-order valence-corrected chi connectivity index (χ4v) is 1.75. The summed E-state index contributed by atoms with van der Waals surface area (Å²) in [7, 11) is 1.34. The predicted molar refractivity (Wildman–Crippen MR) is 75.9 cm³/mol. The number of ether oxygens (including phenoxy) is 2. The van der Waals surface area contributed by atoms with Crippen LogP contribution in [0.25, 0.3) is 0 Å². The van der Waals surface area contributed by atoms with E-state index in [4.69, 9.17) is 9.47 Å². The van der Waals surface area contributed by atoms with Crippen molar-refractivity contribution < 1.29 is 23.6 Å². The van der Waals surface area contributed by atoms with Gasteiger partial charge in [0.15, 0.2) is 23.9 Å². The van der Waals surface area contributed by atoms with E-state index in [9.17, 15) is 19.3 Å². The lowest BCUT2D eigenvalue weighted by molar-refractivity contribution is -0.384. The first-order chi connectivity index (χ1) is 10.5. The van der Waals surface area contributed by atoms with Crippen LogP contribution in [0.4, 0.5) is 10.1 Å². The zero-order valence-corrected chi connectivity index (χ0v) is 11.6. The summed E-state index contributed by atoms with van der Waals surface area (Å²) in [6, 6.07) is 8.88. The first kappa shape index (κ1) is 15.4. The van der Waals surface area contributed by atoms with Gasteiger partial charge in [0.05, 0.1) is 18.1 Å². The number of ketones is 1. The summed E-state index contributed by atoms with van der Waals surface area (Å²) in [6.45, 7) is -0.292. The van der Waals surface area contributed by atoms with Crippen LogP contribution in [0.1, 0.15) is 10.4 Å². The number of rotatable bonds is 6. The molecule has 0 bridgehead atoms. The molecule has 0 radical (unpaired) electrons. The van der Waals surface area contributed by atoms with Crippen molar-refractivity contribution in [2.24, 2.45) is 0 Å². The Labute approximate surface area is 125 Å².